The number of sulfonamides is 1. The molecule has 1 N–H and O–H groups in total. The summed E-state index contributed by atoms with van der Waals surface area (Å²) in [4.78, 5) is 23.4. The zero-order chi connectivity index (χ0) is 23.3. The van der Waals surface area contributed by atoms with E-state index >= 15 is 0 Å². The zero-order valence-electron chi connectivity index (χ0n) is 18.2. The average molecular weight is 450 g/mol. The lowest BCUT2D eigenvalue weighted by molar-refractivity contribution is -0.385. The van der Waals surface area contributed by atoms with E-state index in [2.05, 4.69) is 5.32 Å². The summed E-state index contributed by atoms with van der Waals surface area (Å²) in [5.74, 6) is 0.214. The smallest absolute Gasteiger partial charge is 0.274 e. The first-order valence-corrected chi connectivity index (χ1v) is 11.5. The standard InChI is InChI=1S/C21H27N3O6S/c1-6-17(16-10-11-20(30-4)14(2)12-16)22-21(25)13-23(31(5,28)29)18-8-7-9-19(15(18)3)24(26)27/h7-12,17H,6,13H2,1-5H3,(H,22,25). The van der Waals surface area contributed by atoms with Crippen LogP contribution in [0.1, 0.15) is 36.1 Å². The largest absolute Gasteiger partial charge is 0.496 e. The van der Waals surface area contributed by atoms with Gasteiger partial charge in [-0.15, -0.1) is 0 Å². The molecule has 0 saturated carbocycles. The Bertz CT molecular complexity index is 1080. The average Bonchev–Trinajstić information content (AvgIpc) is 2.69. The van der Waals surface area contributed by atoms with E-state index in [1.54, 1.807) is 7.11 Å². The molecule has 0 fully saturated rings. The Morgan fingerprint density at radius 1 is 1.26 bits per heavy atom. The highest BCUT2D eigenvalue weighted by Gasteiger charge is 2.26. The van der Waals surface area contributed by atoms with Crippen LogP contribution in [0.2, 0.25) is 0 Å². The predicted octanol–water partition coefficient (Wildman–Crippen LogP) is 3.25. The number of carbonyl (C=O) groups excluding carboxylic acids is 1. The number of amides is 1. The van der Waals surface area contributed by atoms with Crippen molar-refractivity contribution in [2.75, 3.05) is 24.2 Å². The third-order valence-electron chi connectivity index (χ3n) is 4.99. The molecular weight excluding hydrogens is 422 g/mol. The van der Waals surface area contributed by atoms with Crippen LogP contribution in [0, 0.1) is 24.0 Å². The number of anilines is 1. The minimum atomic E-state index is -3.87. The lowest BCUT2D eigenvalue weighted by Crippen LogP contribution is -2.41. The van der Waals surface area contributed by atoms with Gasteiger partial charge in [0.2, 0.25) is 15.9 Å². The van der Waals surface area contributed by atoms with Gasteiger partial charge in [0.05, 0.1) is 35.6 Å². The van der Waals surface area contributed by atoms with Crippen molar-refractivity contribution in [3.63, 3.8) is 0 Å². The molecule has 2 aromatic rings. The number of carbonyl (C=O) groups is 1. The second-order valence-electron chi connectivity index (χ2n) is 7.21. The molecule has 0 aliphatic rings. The van der Waals surface area contributed by atoms with Gasteiger partial charge in [0.25, 0.3) is 5.69 Å². The molecule has 0 aliphatic heterocycles. The Kier molecular flexibility index (Phi) is 7.61. The first-order chi connectivity index (χ1) is 14.5. The Morgan fingerprint density at radius 3 is 2.45 bits per heavy atom. The number of hydrogen-bond donors (Lipinski definition) is 1. The Morgan fingerprint density at radius 2 is 1.94 bits per heavy atom. The molecule has 0 radical (unpaired) electrons. The first-order valence-electron chi connectivity index (χ1n) is 9.65. The Labute approximate surface area is 182 Å². The molecule has 10 heteroatoms. The van der Waals surface area contributed by atoms with Crippen molar-refractivity contribution in [1.29, 1.82) is 0 Å². The monoisotopic (exact) mass is 449 g/mol. The molecule has 0 bridgehead atoms. The van der Waals surface area contributed by atoms with Gasteiger partial charge in [-0.2, -0.15) is 0 Å². The molecule has 2 aromatic carbocycles. The minimum absolute atomic E-state index is 0.0974. The van der Waals surface area contributed by atoms with Crippen LogP contribution in [0.4, 0.5) is 11.4 Å². The molecule has 1 atom stereocenters. The van der Waals surface area contributed by atoms with Gasteiger partial charge >= 0.3 is 0 Å². The fourth-order valence-corrected chi connectivity index (χ4v) is 4.28. The van der Waals surface area contributed by atoms with Crippen LogP contribution >= 0.6 is 0 Å². The van der Waals surface area contributed by atoms with Crippen LogP contribution in [-0.2, 0) is 14.8 Å². The summed E-state index contributed by atoms with van der Waals surface area (Å²) in [5, 5.41) is 14.1. The van der Waals surface area contributed by atoms with E-state index in [1.807, 2.05) is 32.0 Å². The maximum Gasteiger partial charge on any atom is 0.274 e. The minimum Gasteiger partial charge on any atom is -0.496 e. The van der Waals surface area contributed by atoms with Crippen molar-refractivity contribution in [3.05, 3.63) is 63.2 Å². The van der Waals surface area contributed by atoms with Gasteiger partial charge in [-0.1, -0.05) is 25.1 Å². The number of aryl methyl sites for hydroxylation is 1. The number of hydrogen-bond acceptors (Lipinski definition) is 6. The maximum absolute atomic E-state index is 12.8. The number of nitro benzene ring substituents is 1. The van der Waals surface area contributed by atoms with Gasteiger partial charge in [-0.3, -0.25) is 19.2 Å². The summed E-state index contributed by atoms with van der Waals surface area (Å²) >= 11 is 0. The van der Waals surface area contributed by atoms with Crippen LogP contribution in [-0.4, -0.2) is 39.2 Å². The molecule has 31 heavy (non-hydrogen) atoms. The Hall–Kier alpha value is -3.14. The molecule has 1 amide bonds. The van der Waals surface area contributed by atoms with E-state index in [0.717, 1.165) is 27.4 Å². The summed E-state index contributed by atoms with van der Waals surface area (Å²) in [6, 6.07) is 9.37. The van der Waals surface area contributed by atoms with E-state index in [9.17, 15) is 23.3 Å². The molecule has 0 spiro atoms. The van der Waals surface area contributed by atoms with Gasteiger partial charge in [0, 0.05) is 6.07 Å². The van der Waals surface area contributed by atoms with Crippen molar-refractivity contribution in [2.24, 2.45) is 0 Å². The number of benzene rings is 2. The predicted molar refractivity (Wildman–Crippen MR) is 119 cm³/mol. The number of nitro groups is 1. The second-order valence-corrected chi connectivity index (χ2v) is 9.11. The van der Waals surface area contributed by atoms with E-state index in [0.29, 0.717) is 6.42 Å². The summed E-state index contributed by atoms with van der Waals surface area (Å²) in [6.07, 6.45) is 1.55. The van der Waals surface area contributed by atoms with Crippen LogP contribution < -0.4 is 14.4 Å². The van der Waals surface area contributed by atoms with E-state index < -0.39 is 27.4 Å². The van der Waals surface area contributed by atoms with Crippen molar-refractivity contribution >= 4 is 27.3 Å². The van der Waals surface area contributed by atoms with Crippen LogP contribution in [0.5, 0.6) is 5.75 Å². The highest BCUT2D eigenvalue weighted by Crippen LogP contribution is 2.30. The summed E-state index contributed by atoms with van der Waals surface area (Å²) in [7, 11) is -2.29. The third-order valence-corrected chi connectivity index (χ3v) is 6.12. The molecule has 0 aliphatic carbocycles. The SMILES string of the molecule is CCC(NC(=O)CN(c1cccc([N+](=O)[O-])c1C)S(C)(=O)=O)c1ccc(OC)c(C)c1. The number of methoxy groups -OCH3 is 1. The number of rotatable bonds is 9. The molecule has 0 saturated heterocycles. The van der Waals surface area contributed by atoms with Gasteiger partial charge in [0.15, 0.2) is 0 Å². The van der Waals surface area contributed by atoms with Gasteiger partial charge < -0.3 is 10.1 Å². The quantitative estimate of drug-likeness (QED) is 0.464. The summed E-state index contributed by atoms with van der Waals surface area (Å²) in [6.45, 7) is 4.77. The highest BCUT2D eigenvalue weighted by molar-refractivity contribution is 7.92. The summed E-state index contributed by atoms with van der Waals surface area (Å²) in [5.41, 5.74) is 1.83. The number of nitrogens with zero attached hydrogens (tertiary/aromatic N) is 2. The Balaban J connectivity index is 2.30. The van der Waals surface area contributed by atoms with E-state index in [1.165, 1.54) is 25.1 Å². The van der Waals surface area contributed by atoms with Crippen molar-refractivity contribution < 1.29 is 22.9 Å². The van der Waals surface area contributed by atoms with E-state index in [-0.39, 0.29) is 23.0 Å². The van der Waals surface area contributed by atoms with Crippen molar-refractivity contribution in [3.8, 4) is 5.75 Å². The van der Waals surface area contributed by atoms with Crippen LogP contribution in [0.3, 0.4) is 0 Å². The third kappa shape index (κ3) is 5.72. The summed E-state index contributed by atoms with van der Waals surface area (Å²) < 4.78 is 31.0. The van der Waals surface area contributed by atoms with E-state index in [4.69, 9.17) is 4.74 Å². The first kappa shape index (κ1) is 24.1. The molecule has 0 heterocycles. The normalized spacial score (nSPS) is 12.2. The lowest BCUT2D eigenvalue weighted by atomic mass is 10.0. The molecule has 0 aromatic heterocycles. The fourth-order valence-electron chi connectivity index (χ4n) is 3.37. The van der Waals surface area contributed by atoms with Crippen LogP contribution in [0.15, 0.2) is 36.4 Å². The lowest BCUT2D eigenvalue weighted by Gasteiger charge is -2.25. The molecule has 168 valence electrons. The molecule has 1 unspecified atom stereocenters. The number of ether oxygens (including phenoxy) is 1. The molecular formula is C21H27N3O6S. The van der Waals surface area contributed by atoms with Crippen LogP contribution in [0.25, 0.3) is 0 Å². The van der Waals surface area contributed by atoms with Crippen molar-refractivity contribution in [1.82, 2.24) is 5.32 Å². The van der Waals surface area contributed by atoms with Crippen molar-refractivity contribution in [2.45, 2.75) is 33.2 Å². The van der Waals surface area contributed by atoms with Gasteiger partial charge in [-0.05, 0) is 43.5 Å². The second kappa shape index (κ2) is 9.78. The molecule has 9 nitrogen and oxygen atoms in total. The molecule has 2 rings (SSSR count). The maximum atomic E-state index is 12.8. The van der Waals surface area contributed by atoms with Gasteiger partial charge in [0.1, 0.15) is 12.3 Å². The van der Waals surface area contributed by atoms with Gasteiger partial charge in [-0.25, -0.2) is 8.42 Å². The number of nitrogens with one attached hydrogen (secondary N) is 1. The zero-order valence-corrected chi connectivity index (χ0v) is 19.0. The fraction of sp³-hybridized carbons (Fsp3) is 0.381. The topological polar surface area (TPSA) is 119 Å². The highest BCUT2D eigenvalue weighted by atomic mass is 32.2.